The number of rotatable bonds is 3. The zero-order valence-electron chi connectivity index (χ0n) is 10.3. The molecule has 100 valence electrons. The van der Waals surface area contributed by atoms with Crippen LogP contribution in [0.15, 0.2) is 22.7 Å². The molecular formula is C13H13BrClN3O. The lowest BCUT2D eigenvalue weighted by Gasteiger charge is -2.15. The van der Waals surface area contributed by atoms with Crippen LogP contribution < -0.4 is 4.74 Å². The van der Waals surface area contributed by atoms with Crippen LogP contribution in [0.4, 0.5) is 0 Å². The fourth-order valence-electron chi connectivity index (χ4n) is 2.21. The monoisotopic (exact) mass is 341 g/mol. The smallest absolute Gasteiger partial charge is 0.171 e. The van der Waals surface area contributed by atoms with Crippen LogP contribution in [0.2, 0.25) is 5.02 Å². The van der Waals surface area contributed by atoms with Gasteiger partial charge in [-0.05, 0) is 31.0 Å². The highest BCUT2D eigenvalue weighted by atomic mass is 79.9. The summed E-state index contributed by atoms with van der Waals surface area (Å²) in [7, 11) is 0. The molecule has 1 aromatic carbocycles. The van der Waals surface area contributed by atoms with Gasteiger partial charge in [0.25, 0.3) is 0 Å². The minimum Gasteiger partial charge on any atom is -0.484 e. The fraction of sp³-hybridized carbons (Fsp3) is 0.385. The Balaban J connectivity index is 1.75. The summed E-state index contributed by atoms with van der Waals surface area (Å²) in [6.45, 7) is 1.37. The molecule has 2 aromatic rings. The van der Waals surface area contributed by atoms with Crippen molar-refractivity contribution >= 4 is 27.5 Å². The summed E-state index contributed by atoms with van der Waals surface area (Å²) < 4.78 is 8.83. The van der Waals surface area contributed by atoms with Gasteiger partial charge in [0.1, 0.15) is 18.2 Å². The zero-order chi connectivity index (χ0) is 13.2. The molecule has 0 fully saturated rings. The number of aryl methyl sites for hydroxylation is 1. The number of ether oxygens (including phenoxy) is 1. The Morgan fingerprint density at radius 3 is 3.11 bits per heavy atom. The number of halogens is 2. The molecule has 1 aliphatic rings. The van der Waals surface area contributed by atoms with Crippen LogP contribution in [0.3, 0.4) is 0 Å². The first-order chi connectivity index (χ1) is 9.24. The van der Waals surface area contributed by atoms with E-state index < -0.39 is 0 Å². The van der Waals surface area contributed by atoms with Crippen LogP contribution in [0.25, 0.3) is 0 Å². The van der Waals surface area contributed by atoms with Gasteiger partial charge >= 0.3 is 0 Å². The van der Waals surface area contributed by atoms with Gasteiger partial charge in [-0.25, -0.2) is 0 Å². The van der Waals surface area contributed by atoms with E-state index in [2.05, 4.69) is 30.7 Å². The molecular weight excluding hydrogens is 330 g/mol. The lowest BCUT2D eigenvalue weighted by molar-refractivity contribution is 0.286. The summed E-state index contributed by atoms with van der Waals surface area (Å²) >= 11 is 9.49. The van der Waals surface area contributed by atoms with Gasteiger partial charge in [-0.3, -0.25) is 0 Å². The molecule has 0 aliphatic carbocycles. The number of hydrogen-bond donors (Lipinski definition) is 0. The highest BCUT2D eigenvalue weighted by molar-refractivity contribution is 9.10. The Labute approximate surface area is 124 Å². The summed E-state index contributed by atoms with van der Waals surface area (Å²) in [5.41, 5.74) is 0. The van der Waals surface area contributed by atoms with E-state index in [0.29, 0.717) is 17.4 Å². The Morgan fingerprint density at radius 2 is 2.21 bits per heavy atom. The van der Waals surface area contributed by atoms with Crippen molar-refractivity contribution in [1.82, 2.24) is 14.8 Å². The van der Waals surface area contributed by atoms with E-state index in [-0.39, 0.29) is 0 Å². The highest BCUT2D eigenvalue weighted by Crippen LogP contribution is 2.28. The summed E-state index contributed by atoms with van der Waals surface area (Å²) in [6, 6.07) is 5.55. The van der Waals surface area contributed by atoms with Crippen LogP contribution in [-0.4, -0.2) is 14.8 Å². The molecule has 1 aromatic heterocycles. The number of nitrogens with zero attached hydrogens (tertiary/aromatic N) is 3. The van der Waals surface area contributed by atoms with Gasteiger partial charge in [0.2, 0.25) is 0 Å². The maximum atomic E-state index is 6.09. The van der Waals surface area contributed by atoms with Crippen LogP contribution >= 0.6 is 27.5 Å². The number of aromatic nitrogens is 3. The number of hydrogen-bond acceptors (Lipinski definition) is 3. The first-order valence-corrected chi connectivity index (χ1v) is 7.40. The van der Waals surface area contributed by atoms with Crippen molar-refractivity contribution in [3.8, 4) is 5.75 Å². The van der Waals surface area contributed by atoms with Gasteiger partial charge in [0.15, 0.2) is 5.82 Å². The predicted molar refractivity (Wildman–Crippen MR) is 76.4 cm³/mol. The molecule has 0 N–H and O–H groups in total. The maximum absolute atomic E-state index is 6.09. The van der Waals surface area contributed by atoms with E-state index in [0.717, 1.165) is 29.1 Å². The van der Waals surface area contributed by atoms with Crippen molar-refractivity contribution < 1.29 is 4.74 Å². The van der Waals surface area contributed by atoms with E-state index in [1.54, 1.807) is 6.07 Å². The Hall–Kier alpha value is -1.07. The van der Waals surface area contributed by atoms with Crippen molar-refractivity contribution in [1.29, 1.82) is 0 Å². The van der Waals surface area contributed by atoms with Crippen molar-refractivity contribution in [2.75, 3.05) is 0 Å². The molecule has 6 heteroatoms. The standard InChI is InChI=1S/C13H13BrClN3O/c14-9-4-5-10(15)11(7-9)19-8-13-17-16-12-3-1-2-6-18(12)13/h4-5,7H,1-3,6,8H2. The molecule has 0 bridgehead atoms. The highest BCUT2D eigenvalue weighted by Gasteiger charge is 2.16. The van der Waals surface area contributed by atoms with Crippen molar-refractivity contribution in [2.24, 2.45) is 0 Å². The fourth-order valence-corrected chi connectivity index (χ4v) is 2.72. The normalized spacial score (nSPS) is 14.2. The molecule has 4 nitrogen and oxygen atoms in total. The van der Waals surface area contributed by atoms with Gasteiger partial charge in [-0.2, -0.15) is 0 Å². The van der Waals surface area contributed by atoms with E-state index in [9.17, 15) is 0 Å². The van der Waals surface area contributed by atoms with E-state index >= 15 is 0 Å². The minimum absolute atomic E-state index is 0.392. The molecule has 0 radical (unpaired) electrons. The second-order valence-corrected chi connectivity index (χ2v) is 5.83. The third-order valence-corrected chi connectivity index (χ3v) is 3.99. The molecule has 3 rings (SSSR count). The lowest BCUT2D eigenvalue weighted by Crippen LogP contribution is -2.14. The summed E-state index contributed by atoms with van der Waals surface area (Å²) in [5, 5.41) is 9.00. The molecule has 1 aliphatic heterocycles. The molecule has 0 amide bonds. The Bertz CT molecular complexity index is 600. The minimum atomic E-state index is 0.392. The van der Waals surface area contributed by atoms with Gasteiger partial charge in [-0.1, -0.05) is 27.5 Å². The van der Waals surface area contributed by atoms with E-state index in [1.807, 2.05) is 12.1 Å². The van der Waals surface area contributed by atoms with Gasteiger partial charge < -0.3 is 9.30 Å². The average molecular weight is 343 g/mol. The summed E-state index contributed by atoms with van der Waals surface area (Å²) in [5.74, 6) is 2.58. The molecule has 2 heterocycles. The number of fused-ring (bicyclic) bond motifs is 1. The number of benzene rings is 1. The van der Waals surface area contributed by atoms with Crippen molar-refractivity contribution in [3.05, 3.63) is 39.3 Å². The second kappa shape index (κ2) is 5.51. The van der Waals surface area contributed by atoms with Crippen LogP contribution in [-0.2, 0) is 19.6 Å². The molecule has 0 atom stereocenters. The molecule has 0 unspecified atom stereocenters. The van der Waals surface area contributed by atoms with Crippen molar-refractivity contribution in [3.63, 3.8) is 0 Å². The SMILES string of the molecule is Clc1ccc(Br)cc1OCc1nnc2n1CCCC2. The van der Waals surface area contributed by atoms with E-state index in [4.69, 9.17) is 16.3 Å². The zero-order valence-corrected chi connectivity index (χ0v) is 12.6. The molecule has 0 saturated carbocycles. The Kier molecular flexibility index (Phi) is 3.75. The van der Waals surface area contributed by atoms with Crippen LogP contribution in [0, 0.1) is 0 Å². The largest absolute Gasteiger partial charge is 0.484 e. The molecule has 0 spiro atoms. The second-order valence-electron chi connectivity index (χ2n) is 4.50. The first kappa shape index (κ1) is 12.9. The third-order valence-electron chi connectivity index (χ3n) is 3.19. The molecule has 0 saturated heterocycles. The first-order valence-electron chi connectivity index (χ1n) is 6.23. The quantitative estimate of drug-likeness (QED) is 0.855. The van der Waals surface area contributed by atoms with E-state index in [1.165, 1.54) is 12.8 Å². The van der Waals surface area contributed by atoms with Gasteiger partial charge in [-0.15, -0.1) is 10.2 Å². The van der Waals surface area contributed by atoms with Crippen molar-refractivity contribution in [2.45, 2.75) is 32.4 Å². The maximum Gasteiger partial charge on any atom is 0.171 e. The predicted octanol–water partition coefficient (Wildman–Crippen LogP) is 3.61. The third kappa shape index (κ3) is 2.77. The van der Waals surface area contributed by atoms with Crippen LogP contribution in [0.5, 0.6) is 5.75 Å². The average Bonchev–Trinajstić information content (AvgIpc) is 2.83. The summed E-state index contributed by atoms with van der Waals surface area (Å²) in [4.78, 5) is 0. The Morgan fingerprint density at radius 1 is 1.32 bits per heavy atom. The summed E-state index contributed by atoms with van der Waals surface area (Å²) in [6.07, 6.45) is 3.37. The van der Waals surface area contributed by atoms with Gasteiger partial charge in [0, 0.05) is 17.4 Å². The lowest BCUT2D eigenvalue weighted by atomic mass is 10.2. The molecule has 19 heavy (non-hydrogen) atoms. The van der Waals surface area contributed by atoms with Gasteiger partial charge in [0.05, 0.1) is 5.02 Å². The van der Waals surface area contributed by atoms with Crippen LogP contribution in [0.1, 0.15) is 24.5 Å². The topological polar surface area (TPSA) is 39.9 Å².